The number of ether oxygens (including phenoxy) is 1. The summed E-state index contributed by atoms with van der Waals surface area (Å²) in [6, 6.07) is 6.23. The number of hydrogen-bond acceptors (Lipinski definition) is 6. The van der Waals surface area contributed by atoms with Gasteiger partial charge in [-0.05, 0) is 46.5 Å². The van der Waals surface area contributed by atoms with Crippen LogP contribution < -0.4 is 4.90 Å². The van der Waals surface area contributed by atoms with Crippen molar-refractivity contribution in [2.75, 3.05) is 51.8 Å². The molecule has 0 aliphatic carbocycles. The lowest BCUT2D eigenvalue weighted by Gasteiger charge is -2.28. The van der Waals surface area contributed by atoms with Crippen LogP contribution in [0.3, 0.4) is 0 Å². The third-order valence-corrected chi connectivity index (χ3v) is 6.69. The molecule has 1 aromatic carbocycles. The molecule has 8 heteroatoms. The summed E-state index contributed by atoms with van der Waals surface area (Å²) in [5.74, 6) is 1.37. The summed E-state index contributed by atoms with van der Waals surface area (Å²) in [4.78, 5) is 14.8. The van der Waals surface area contributed by atoms with E-state index >= 15 is 0 Å². The molecule has 1 aliphatic rings. The Labute approximate surface area is 194 Å². The van der Waals surface area contributed by atoms with Gasteiger partial charge in [-0.3, -0.25) is 9.50 Å². The molecule has 0 amide bonds. The number of hydrogen-bond donors (Lipinski definition) is 1. The average Bonchev–Trinajstić information content (AvgIpc) is 3.43. The maximum Gasteiger partial charge on any atom is 0.180 e. The van der Waals surface area contributed by atoms with Gasteiger partial charge in [0.05, 0.1) is 36.3 Å². The minimum absolute atomic E-state index is 0.430. The van der Waals surface area contributed by atoms with E-state index in [4.69, 9.17) is 14.7 Å². The second-order valence-corrected chi connectivity index (χ2v) is 9.16. The number of morpholine rings is 1. The van der Waals surface area contributed by atoms with Crippen LogP contribution in [0.5, 0.6) is 0 Å². The van der Waals surface area contributed by atoms with Crippen LogP contribution in [-0.4, -0.2) is 76.4 Å². The first-order chi connectivity index (χ1) is 16.1. The SMILES string of the molecule is CCC(CCN(C)C)c1c(C)nc2c(N3CCOCC3)nc(-c3cccc4[nH]ncc34)cn12. The highest BCUT2D eigenvalue weighted by molar-refractivity contribution is 5.93. The molecular weight excluding hydrogens is 414 g/mol. The number of aryl methyl sites for hydroxylation is 1. The van der Waals surface area contributed by atoms with Crippen LogP contribution in [-0.2, 0) is 4.74 Å². The zero-order chi connectivity index (χ0) is 22.9. The van der Waals surface area contributed by atoms with Crippen LogP contribution in [0, 0.1) is 6.92 Å². The number of anilines is 1. The first kappa shape index (κ1) is 21.9. The molecule has 0 spiro atoms. The van der Waals surface area contributed by atoms with Gasteiger partial charge in [-0.15, -0.1) is 0 Å². The molecule has 1 aliphatic heterocycles. The van der Waals surface area contributed by atoms with Crippen molar-refractivity contribution < 1.29 is 4.74 Å². The Morgan fingerprint density at radius 1 is 1.18 bits per heavy atom. The van der Waals surface area contributed by atoms with Gasteiger partial charge in [-0.25, -0.2) is 9.97 Å². The third-order valence-electron chi connectivity index (χ3n) is 6.69. The maximum atomic E-state index is 5.62. The lowest BCUT2D eigenvalue weighted by Crippen LogP contribution is -2.37. The van der Waals surface area contributed by atoms with Gasteiger partial charge in [0.25, 0.3) is 0 Å². The quantitative estimate of drug-likeness (QED) is 0.464. The number of imidazole rings is 1. The summed E-state index contributed by atoms with van der Waals surface area (Å²) in [6.07, 6.45) is 6.23. The predicted octanol–water partition coefficient (Wildman–Crippen LogP) is 3.86. The zero-order valence-corrected chi connectivity index (χ0v) is 20.0. The van der Waals surface area contributed by atoms with E-state index in [2.05, 4.69) is 76.7 Å². The molecular formula is C25H33N7O. The molecule has 3 aromatic heterocycles. The van der Waals surface area contributed by atoms with Gasteiger partial charge < -0.3 is 14.5 Å². The van der Waals surface area contributed by atoms with E-state index in [0.29, 0.717) is 19.1 Å². The number of nitrogens with zero attached hydrogens (tertiary/aromatic N) is 6. The number of fused-ring (bicyclic) bond motifs is 2. The normalized spacial score (nSPS) is 15.7. The number of aromatic amines is 1. The van der Waals surface area contributed by atoms with Crippen LogP contribution >= 0.6 is 0 Å². The largest absolute Gasteiger partial charge is 0.378 e. The Morgan fingerprint density at radius 2 is 2.00 bits per heavy atom. The molecule has 5 rings (SSSR count). The van der Waals surface area contributed by atoms with Crippen LogP contribution in [0.1, 0.15) is 37.1 Å². The van der Waals surface area contributed by atoms with Crippen molar-refractivity contribution in [2.24, 2.45) is 0 Å². The Bertz CT molecular complexity index is 1250. The van der Waals surface area contributed by atoms with Crippen LogP contribution in [0.4, 0.5) is 5.82 Å². The van der Waals surface area contributed by atoms with Crippen molar-refractivity contribution in [3.8, 4) is 11.3 Å². The molecule has 33 heavy (non-hydrogen) atoms. The van der Waals surface area contributed by atoms with Crippen molar-refractivity contribution in [2.45, 2.75) is 32.6 Å². The summed E-state index contributed by atoms with van der Waals surface area (Å²) in [6.45, 7) is 8.53. The number of rotatable bonds is 7. The van der Waals surface area contributed by atoms with Crippen molar-refractivity contribution in [1.29, 1.82) is 0 Å². The summed E-state index contributed by atoms with van der Waals surface area (Å²) in [5.41, 5.74) is 6.37. The van der Waals surface area contributed by atoms with Crippen LogP contribution in [0.2, 0.25) is 0 Å². The molecule has 1 atom stereocenters. The molecule has 1 fully saturated rings. The molecule has 8 nitrogen and oxygen atoms in total. The highest BCUT2D eigenvalue weighted by Gasteiger charge is 2.25. The minimum Gasteiger partial charge on any atom is -0.378 e. The van der Waals surface area contributed by atoms with Crippen LogP contribution in [0.15, 0.2) is 30.6 Å². The second kappa shape index (κ2) is 9.11. The van der Waals surface area contributed by atoms with E-state index in [1.54, 1.807) is 0 Å². The number of nitrogens with one attached hydrogen (secondary N) is 1. The average molecular weight is 448 g/mol. The molecule has 0 bridgehead atoms. The van der Waals surface area contributed by atoms with E-state index in [1.165, 1.54) is 5.69 Å². The van der Waals surface area contributed by atoms with E-state index in [1.807, 2.05) is 6.20 Å². The highest BCUT2D eigenvalue weighted by atomic mass is 16.5. The van der Waals surface area contributed by atoms with Crippen LogP contribution in [0.25, 0.3) is 27.8 Å². The fraction of sp³-hybridized carbons (Fsp3) is 0.480. The van der Waals surface area contributed by atoms with Gasteiger partial charge in [0.15, 0.2) is 11.5 Å². The molecule has 174 valence electrons. The molecule has 4 heterocycles. The molecule has 4 aromatic rings. The van der Waals surface area contributed by atoms with Gasteiger partial charge >= 0.3 is 0 Å². The lowest BCUT2D eigenvalue weighted by atomic mass is 9.96. The lowest BCUT2D eigenvalue weighted by molar-refractivity contribution is 0.122. The fourth-order valence-electron chi connectivity index (χ4n) is 4.91. The fourth-order valence-corrected chi connectivity index (χ4v) is 4.91. The standard InChI is InChI=1S/C25H33N7O/c1-5-18(9-10-30(3)4)23-17(2)27-25-24(31-11-13-33-14-12-31)28-22(16-32(23)25)19-7-6-8-21-20(19)15-26-29-21/h6-8,15-16,18H,5,9-14H2,1-4H3,(H,26,29). The van der Waals surface area contributed by atoms with E-state index < -0.39 is 0 Å². The van der Waals surface area contributed by atoms with E-state index in [9.17, 15) is 0 Å². The molecule has 0 radical (unpaired) electrons. The Morgan fingerprint density at radius 3 is 2.76 bits per heavy atom. The molecule has 0 saturated carbocycles. The van der Waals surface area contributed by atoms with E-state index in [0.717, 1.165) is 71.8 Å². The topological polar surface area (TPSA) is 74.6 Å². The Balaban J connectivity index is 1.72. The minimum atomic E-state index is 0.430. The first-order valence-electron chi connectivity index (χ1n) is 11.9. The number of H-pyrrole nitrogens is 1. The van der Waals surface area contributed by atoms with Gasteiger partial charge in [-0.2, -0.15) is 5.10 Å². The predicted molar refractivity (Wildman–Crippen MR) is 132 cm³/mol. The summed E-state index contributed by atoms with van der Waals surface area (Å²) >= 11 is 0. The monoisotopic (exact) mass is 447 g/mol. The summed E-state index contributed by atoms with van der Waals surface area (Å²) in [5, 5.41) is 8.43. The number of aromatic nitrogens is 5. The Kier molecular flexibility index (Phi) is 6.03. The highest BCUT2D eigenvalue weighted by Crippen LogP contribution is 2.34. The van der Waals surface area contributed by atoms with Gasteiger partial charge in [0.1, 0.15) is 0 Å². The maximum absolute atomic E-state index is 5.62. The Hall–Kier alpha value is -2.97. The number of benzene rings is 1. The molecule has 1 unspecified atom stereocenters. The van der Waals surface area contributed by atoms with Crippen molar-refractivity contribution in [3.05, 3.63) is 42.0 Å². The summed E-state index contributed by atoms with van der Waals surface area (Å²) < 4.78 is 7.93. The van der Waals surface area contributed by atoms with Gasteiger partial charge in [-0.1, -0.05) is 19.1 Å². The first-order valence-corrected chi connectivity index (χ1v) is 11.9. The zero-order valence-electron chi connectivity index (χ0n) is 20.0. The molecule has 1 saturated heterocycles. The van der Waals surface area contributed by atoms with E-state index in [-0.39, 0.29) is 0 Å². The second-order valence-electron chi connectivity index (χ2n) is 9.16. The molecule has 1 N–H and O–H groups in total. The van der Waals surface area contributed by atoms with Crippen molar-refractivity contribution in [1.82, 2.24) is 29.5 Å². The summed E-state index contributed by atoms with van der Waals surface area (Å²) in [7, 11) is 4.27. The van der Waals surface area contributed by atoms with Crippen molar-refractivity contribution in [3.63, 3.8) is 0 Å². The third kappa shape index (κ3) is 4.09. The van der Waals surface area contributed by atoms with Gasteiger partial charge in [0.2, 0.25) is 0 Å². The smallest absolute Gasteiger partial charge is 0.180 e. The van der Waals surface area contributed by atoms with Crippen molar-refractivity contribution >= 4 is 22.4 Å². The van der Waals surface area contributed by atoms with Gasteiger partial charge in [0, 0.05) is 41.8 Å².